The first kappa shape index (κ1) is 15.5. The number of hydrogen-bond donors (Lipinski definition) is 0. The van der Waals surface area contributed by atoms with E-state index in [0.717, 1.165) is 21.7 Å². The third-order valence-corrected chi connectivity index (χ3v) is 4.34. The zero-order valence-corrected chi connectivity index (χ0v) is 13.6. The molecule has 23 heavy (non-hydrogen) atoms. The Kier molecular flexibility index (Phi) is 4.59. The Morgan fingerprint density at radius 3 is 1.96 bits per heavy atom. The molecule has 114 valence electrons. The second-order valence-electron chi connectivity index (χ2n) is 5.54. The van der Waals surface area contributed by atoms with Gasteiger partial charge in [0.05, 0.1) is 0 Å². The van der Waals surface area contributed by atoms with Crippen molar-refractivity contribution in [3.63, 3.8) is 0 Å². The normalized spacial score (nSPS) is 11.9. The van der Waals surface area contributed by atoms with Gasteiger partial charge in [-0.25, -0.2) is 0 Å². The number of carbonyl (C=O) groups excluding carboxylic acids is 1. The second kappa shape index (κ2) is 6.80. The Morgan fingerprint density at radius 2 is 1.35 bits per heavy atom. The van der Waals surface area contributed by atoms with Gasteiger partial charge in [-0.2, -0.15) is 0 Å². The molecular formula is C21H17ClO. The smallest absolute Gasteiger partial charge is 0.159 e. The van der Waals surface area contributed by atoms with Crippen LogP contribution in [-0.2, 0) is 0 Å². The zero-order chi connectivity index (χ0) is 16.2. The van der Waals surface area contributed by atoms with Crippen LogP contribution in [0, 0.1) is 0 Å². The quantitative estimate of drug-likeness (QED) is 0.443. The van der Waals surface area contributed by atoms with Crippen LogP contribution in [0.25, 0.3) is 0 Å². The molecule has 1 atom stereocenters. The number of hydrogen-bond acceptors (Lipinski definition) is 1. The molecule has 0 saturated heterocycles. The van der Waals surface area contributed by atoms with Gasteiger partial charge in [-0.1, -0.05) is 84.4 Å². The van der Waals surface area contributed by atoms with Crippen molar-refractivity contribution < 1.29 is 4.79 Å². The van der Waals surface area contributed by atoms with E-state index in [9.17, 15) is 4.79 Å². The molecule has 0 N–H and O–H groups in total. The highest BCUT2D eigenvalue weighted by atomic mass is 35.5. The molecule has 0 bridgehead atoms. The summed E-state index contributed by atoms with van der Waals surface area (Å²) in [5, 5.41) is 0.747. The van der Waals surface area contributed by atoms with E-state index < -0.39 is 0 Å². The first-order valence-electron chi connectivity index (χ1n) is 7.57. The predicted octanol–water partition coefficient (Wildman–Crippen LogP) is 5.72. The lowest BCUT2D eigenvalue weighted by atomic mass is 9.85. The zero-order valence-electron chi connectivity index (χ0n) is 12.9. The van der Waals surface area contributed by atoms with Crippen molar-refractivity contribution in [1.29, 1.82) is 0 Å². The van der Waals surface area contributed by atoms with Crippen molar-refractivity contribution in [1.82, 2.24) is 0 Å². The van der Waals surface area contributed by atoms with E-state index in [1.54, 1.807) is 6.92 Å². The van der Waals surface area contributed by atoms with Crippen LogP contribution in [0.5, 0.6) is 0 Å². The van der Waals surface area contributed by atoms with Crippen LogP contribution in [0.3, 0.4) is 0 Å². The summed E-state index contributed by atoms with van der Waals surface area (Å²) >= 11 is 6.45. The summed E-state index contributed by atoms with van der Waals surface area (Å²) in [6.07, 6.45) is 0. The Bertz CT molecular complexity index is 807. The van der Waals surface area contributed by atoms with Crippen molar-refractivity contribution in [3.05, 3.63) is 106 Å². The van der Waals surface area contributed by atoms with Crippen molar-refractivity contribution in [2.75, 3.05) is 0 Å². The molecule has 0 heterocycles. The Morgan fingerprint density at radius 1 is 0.783 bits per heavy atom. The number of carbonyl (C=O) groups is 1. The van der Waals surface area contributed by atoms with Gasteiger partial charge < -0.3 is 0 Å². The molecule has 1 nitrogen and oxygen atoms in total. The lowest BCUT2D eigenvalue weighted by Gasteiger charge is -2.20. The third-order valence-electron chi connectivity index (χ3n) is 4.00. The highest BCUT2D eigenvalue weighted by molar-refractivity contribution is 6.31. The van der Waals surface area contributed by atoms with Gasteiger partial charge in [-0.05, 0) is 29.7 Å². The lowest BCUT2D eigenvalue weighted by molar-refractivity contribution is 0.101. The molecule has 0 aromatic heterocycles. The van der Waals surface area contributed by atoms with Gasteiger partial charge in [-0.15, -0.1) is 0 Å². The van der Waals surface area contributed by atoms with Crippen LogP contribution in [0.15, 0.2) is 78.9 Å². The van der Waals surface area contributed by atoms with Gasteiger partial charge in [0.15, 0.2) is 5.78 Å². The Balaban J connectivity index is 2.13. The summed E-state index contributed by atoms with van der Waals surface area (Å²) < 4.78 is 0. The molecule has 3 aromatic rings. The van der Waals surface area contributed by atoms with E-state index in [1.807, 2.05) is 60.7 Å². The average molecular weight is 321 g/mol. The van der Waals surface area contributed by atoms with E-state index >= 15 is 0 Å². The monoisotopic (exact) mass is 320 g/mol. The van der Waals surface area contributed by atoms with E-state index in [4.69, 9.17) is 11.6 Å². The molecule has 3 aromatic carbocycles. The fourth-order valence-corrected chi connectivity index (χ4v) is 3.06. The summed E-state index contributed by atoms with van der Waals surface area (Å²) in [6, 6.07) is 26.0. The first-order valence-corrected chi connectivity index (χ1v) is 7.95. The van der Waals surface area contributed by atoms with Gasteiger partial charge in [0.2, 0.25) is 0 Å². The van der Waals surface area contributed by atoms with E-state index in [0.29, 0.717) is 0 Å². The van der Waals surface area contributed by atoms with Crippen LogP contribution in [0.2, 0.25) is 5.02 Å². The van der Waals surface area contributed by atoms with E-state index in [1.165, 1.54) is 5.56 Å². The Hall–Kier alpha value is -2.38. The molecule has 2 heteroatoms. The number of ketones is 1. The van der Waals surface area contributed by atoms with Crippen LogP contribution >= 0.6 is 11.6 Å². The molecule has 1 unspecified atom stereocenters. The predicted molar refractivity (Wildman–Crippen MR) is 95.3 cm³/mol. The largest absolute Gasteiger partial charge is 0.295 e. The third kappa shape index (κ3) is 3.35. The topological polar surface area (TPSA) is 17.1 Å². The number of Topliss-reactive ketones (excluding diaryl/α,β-unsaturated/α-hetero) is 1. The van der Waals surface area contributed by atoms with Gasteiger partial charge in [0.25, 0.3) is 0 Å². The summed E-state index contributed by atoms with van der Waals surface area (Å²) in [7, 11) is 0. The minimum atomic E-state index is 0.0471. The minimum Gasteiger partial charge on any atom is -0.295 e. The molecule has 0 aliphatic rings. The second-order valence-corrected chi connectivity index (χ2v) is 5.95. The van der Waals surface area contributed by atoms with Gasteiger partial charge >= 0.3 is 0 Å². The maximum Gasteiger partial charge on any atom is 0.159 e. The molecule has 0 fully saturated rings. The average Bonchev–Trinajstić information content (AvgIpc) is 2.58. The molecule has 0 aliphatic heterocycles. The number of halogens is 1. The summed E-state index contributed by atoms with van der Waals surface area (Å²) in [4.78, 5) is 11.5. The highest BCUT2D eigenvalue weighted by Gasteiger charge is 2.19. The minimum absolute atomic E-state index is 0.0471. The van der Waals surface area contributed by atoms with Crippen molar-refractivity contribution >= 4 is 17.4 Å². The van der Waals surface area contributed by atoms with Gasteiger partial charge in [-0.3, -0.25) is 4.79 Å². The first-order chi connectivity index (χ1) is 11.2. The van der Waals surface area contributed by atoms with Crippen LogP contribution in [0.4, 0.5) is 0 Å². The highest BCUT2D eigenvalue weighted by Crippen LogP contribution is 2.35. The van der Waals surface area contributed by atoms with Crippen molar-refractivity contribution in [2.24, 2.45) is 0 Å². The standard InChI is InChI=1S/C21H17ClO/c1-15(23)16-11-13-18(14-12-16)21(17-7-3-2-4-8-17)19-9-5-6-10-20(19)22/h2-14,21H,1H3. The van der Waals surface area contributed by atoms with E-state index in [-0.39, 0.29) is 11.7 Å². The molecule has 0 aliphatic carbocycles. The van der Waals surface area contributed by atoms with Crippen molar-refractivity contribution in [3.8, 4) is 0 Å². The number of rotatable bonds is 4. The SMILES string of the molecule is CC(=O)c1ccc(C(c2ccccc2)c2ccccc2Cl)cc1. The summed E-state index contributed by atoms with van der Waals surface area (Å²) in [6.45, 7) is 1.58. The molecule has 0 radical (unpaired) electrons. The van der Waals surface area contributed by atoms with Crippen LogP contribution < -0.4 is 0 Å². The molecular weight excluding hydrogens is 304 g/mol. The molecule has 0 spiro atoms. The van der Waals surface area contributed by atoms with Crippen LogP contribution in [0.1, 0.15) is 39.9 Å². The summed E-state index contributed by atoms with van der Waals surface area (Å²) in [5.74, 6) is 0.122. The molecule has 0 saturated carbocycles. The lowest BCUT2D eigenvalue weighted by Crippen LogP contribution is -2.04. The van der Waals surface area contributed by atoms with Crippen LogP contribution in [-0.4, -0.2) is 5.78 Å². The van der Waals surface area contributed by atoms with Gasteiger partial charge in [0.1, 0.15) is 0 Å². The maximum absolute atomic E-state index is 11.5. The fourth-order valence-electron chi connectivity index (χ4n) is 2.82. The summed E-state index contributed by atoms with van der Waals surface area (Å²) in [5.41, 5.74) is 4.08. The van der Waals surface area contributed by atoms with Crippen molar-refractivity contribution in [2.45, 2.75) is 12.8 Å². The fraction of sp³-hybridized carbons (Fsp3) is 0.0952. The Labute approximate surface area is 141 Å². The molecule has 3 rings (SSSR count). The van der Waals surface area contributed by atoms with Gasteiger partial charge in [0, 0.05) is 16.5 Å². The van der Waals surface area contributed by atoms with E-state index in [2.05, 4.69) is 18.2 Å². The number of benzene rings is 3. The maximum atomic E-state index is 11.5. The molecule has 0 amide bonds.